The fourth-order valence-corrected chi connectivity index (χ4v) is 4.16. The molecule has 148 valence electrons. The molecule has 2 aromatic heterocycles. The van der Waals surface area contributed by atoms with Crippen molar-refractivity contribution in [2.24, 2.45) is 7.05 Å². The first-order valence-electron chi connectivity index (χ1n) is 9.40. The molecule has 0 saturated heterocycles. The second-order valence-corrected chi connectivity index (χ2v) is 8.34. The number of hydrogen-bond acceptors (Lipinski definition) is 4. The summed E-state index contributed by atoms with van der Waals surface area (Å²) in [5.74, 6) is 0.610. The molecule has 28 heavy (non-hydrogen) atoms. The van der Waals surface area contributed by atoms with Gasteiger partial charge in [0.2, 0.25) is 5.91 Å². The monoisotopic (exact) mass is 417 g/mol. The first-order chi connectivity index (χ1) is 13.4. The summed E-state index contributed by atoms with van der Waals surface area (Å²) in [4.78, 5) is 33.4. The maximum absolute atomic E-state index is 13.0. The minimum atomic E-state index is -0.319. The Bertz CT molecular complexity index is 1030. The van der Waals surface area contributed by atoms with Crippen LogP contribution in [-0.4, -0.2) is 26.9 Å². The summed E-state index contributed by atoms with van der Waals surface area (Å²) in [6.07, 6.45) is 2.24. The summed E-state index contributed by atoms with van der Waals surface area (Å²) in [5.41, 5.74) is 0.420. The highest BCUT2D eigenvalue weighted by molar-refractivity contribution is 7.10. The van der Waals surface area contributed by atoms with Gasteiger partial charge < -0.3 is 4.90 Å². The average molecular weight is 418 g/mol. The predicted octanol–water partition coefficient (Wildman–Crippen LogP) is 4.58. The van der Waals surface area contributed by atoms with E-state index in [9.17, 15) is 9.59 Å². The maximum Gasteiger partial charge on any atom is 0.261 e. The molecule has 0 aliphatic heterocycles. The zero-order valence-corrected chi connectivity index (χ0v) is 17.9. The van der Waals surface area contributed by atoms with Crippen LogP contribution >= 0.6 is 22.9 Å². The molecular formula is C21H24ClN3O2S. The van der Waals surface area contributed by atoms with Crippen LogP contribution in [0.1, 0.15) is 43.4 Å². The molecule has 5 nitrogen and oxygen atoms in total. The molecule has 7 heteroatoms. The molecule has 0 N–H and O–H groups in total. The van der Waals surface area contributed by atoms with Crippen molar-refractivity contribution in [3.05, 3.63) is 61.8 Å². The Morgan fingerprint density at radius 2 is 2.14 bits per heavy atom. The van der Waals surface area contributed by atoms with E-state index in [4.69, 9.17) is 16.6 Å². The fourth-order valence-electron chi connectivity index (χ4n) is 3.30. The number of fused-ring (bicyclic) bond motifs is 1. The highest BCUT2D eigenvalue weighted by Gasteiger charge is 2.25. The van der Waals surface area contributed by atoms with Gasteiger partial charge >= 0.3 is 0 Å². The molecule has 0 aliphatic rings. The smallest absolute Gasteiger partial charge is 0.261 e. The molecule has 0 fully saturated rings. The number of carbonyl (C=O) groups excluding carboxylic acids is 1. The third-order valence-corrected chi connectivity index (χ3v) is 6.00. The fraction of sp³-hybridized carbons (Fsp3) is 0.381. The van der Waals surface area contributed by atoms with Crippen LogP contribution in [0, 0.1) is 0 Å². The van der Waals surface area contributed by atoms with Crippen molar-refractivity contribution in [2.75, 3.05) is 6.54 Å². The third-order valence-electron chi connectivity index (χ3n) is 4.89. The average Bonchev–Trinajstić information content (AvgIpc) is 3.17. The summed E-state index contributed by atoms with van der Waals surface area (Å²) in [6, 6.07) is 8.67. The Kier molecular flexibility index (Phi) is 6.52. The van der Waals surface area contributed by atoms with E-state index in [1.165, 1.54) is 4.57 Å². The molecule has 1 atom stereocenters. The van der Waals surface area contributed by atoms with Crippen molar-refractivity contribution in [1.29, 1.82) is 0 Å². The van der Waals surface area contributed by atoms with Crippen molar-refractivity contribution in [2.45, 2.75) is 39.2 Å². The van der Waals surface area contributed by atoms with E-state index >= 15 is 0 Å². The van der Waals surface area contributed by atoms with Gasteiger partial charge in [0.05, 0.1) is 23.4 Å². The number of thiophene rings is 1. The Hall–Kier alpha value is -2.18. The second kappa shape index (κ2) is 8.88. The Morgan fingerprint density at radius 3 is 2.82 bits per heavy atom. The number of carbonyl (C=O) groups is 1. The van der Waals surface area contributed by atoms with Crippen LogP contribution in [0.2, 0.25) is 5.02 Å². The van der Waals surface area contributed by atoms with Gasteiger partial charge in [-0.2, -0.15) is 0 Å². The van der Waals surface area contributed by atoms with Crippen LogP contribution in [0.5, 0.6) is 0 Å². The zero-order valence-electron chi connectivity index (χ0n) is 16.3. The Morgan fingerprint density at radius 1 is 1.36 bits per heavy atom. The number of rotatable bonds is 7. The summed E-state index contributed by atoms with van der Waals surface area (Å²) < 4.78 is 1.54. The van der Waals surface area contributed by atoms with E-state index in [-0.39, 0.29) is 17.5 Å². The third kappa shape index (κ3) is 4.28. The number of hydrogen-bond donors (Lipinski definition) is 0. The number of unbranched alkanes of at least 4 members (excludes halogenated alkanes) is 1. The highest BCUT2D eigenvalue weighted by Crippen LogP contribution is 2.23. The molecule has 1 unspecified atom stereocenters. The zero-order chi connectivity index (χ0) is 20.3. The molecule has 0 aliphatic carbocycles. The number of amides is 1. The van der Waals surface area contributed by atoms with E-state index in [0.29, 0.717) is 34.7 Å². The molecule has 0 spiro atoms. The van der Waals surface area contributed by atoms with E-state index in [1.807, 2.05) is 29.3 Å². The molecule has 0 radical (unpaired) electrons. The van der Waals surface area contributed by atoms with E-state index < -0.39 is 0 Å². The minimum Gasteiger partial charge on any atom is -0.332 e. The van der Waals surface area contributed by atoms with Gasteiger partial charge in [-0.3, -0.25) is 14.2 Å². The van der Waals surface area contributed by atoms with Gasteiger partial charge in [-0.05, 0) is 43.0 Å². The molecule has 3 aromatic rings. The molecule has 3 rings (SSSR count). The van der Waals surface area contributed by atoms with E-state index in [2.05, 4.69) is 6.92 Å². The molecule has 1 aromatic carbocycles. The van der Waals surface area contributed by atoms with Crippen LogP contribution in [0.25, 0.3) is 10.9 Å². The van der Waals surface area contributed by atoms with Crippen LogP contribution in [0.4, 0.5) is 0 Å². The van der Waals surface area contributed by atoms with Crippen molar-refractivity contribution in [1.82, 2.24) is 14.5 Å². The lowest BCUT2D eigenvalue weighted by Crippen LogP contribution is -2.38. The number of aromatic nitrogens is 2. The number of halogens is 1. The van der Waals surface area contributed by atoms with Gasteiger partial charge in [-0.25, -0.2) is 4.98 Å². The second-order valence-electron chi connectivity index (χ2n) is 6.87. The Labute approximate surface area is 173 Å². The SMILES string of the molecule is CCCCN(C(=O)Cc1cccs1)C(C)c1nc2cc(Cl)ccc2c(=O)n1C. The molecule has 2 heterocycles. The Balaban J connectivity index is 1.99. The van der Waals surface area contributed by atoms with Gasteiger partial charge in [-0.15, -0.1) is 11.3 Å². The lowest BCUT2D eigenvalue weighted by atomic mass is 10.1. The van der Waals surface area contributed by atoms with Crippen molar-refractivity contribution >= 4 is 39.7 Å². The van der Waals surface area contributed by atoms with Gasteiger partial charge in [-0.1, -0.05) is 31.0 Å². The van der Waals surface area contributed by atoms with Crippen LogP contribution < -0.4 is 5.56 Å². The summed E-state index contributed by atoms with van der Waals surface area (Å²) in [6.45, 7) is 4.66. The highest BCUT2D eigenvalue weighted by atomic mass is 35.5. The summed E-state index contributed by atoms with van der Waals surface area (Å²) in [7, 11) is 1.71. The largest absolute Gasteiger partial charge is 0.332 e. The van der Waals surface area contributed by atoms with Gasteiger partial charge in [0.25, 0.3) is 5.56 Å². The first kappa shape index (κ1) is 20.6. The predicted molar refractivity (Wildman–Crippen MR) is 115 cm³/mol. The van der Waals surface area contributed by atoms with Crippen molar-refractivity contribution in [3.63, 3.8) is 0 Å². The topological polar surface area (TPSA) is 55.2 Å². The molecule has 0 bridgehead atoms. The summed E-state index contributed by atoms with van der Waals surface area (Å²) in [5, 5.41) is 3.03. The molecule has 0 saturated carbocycles. The number of benzene rings is 1. The van der Waals surface area contributed by atoms with Gasteiger partial charge in [0.1, 0.15) is 5.82 Å². The van der Waals surface area contributed by atoms with E-state index in [0.717, 1.165) is 17.7 Å². The maximum atomic E-state index is 13.0. The summed E-state index contributed by atoms with van der Waals surface area (Å²) >= 11 is 7.67. The quantitative estimate of drug-likeness (QED) is 0.565. The van der Waals surface area contributed by atoms with Crippen molar-refractivity contribution < 1.29 is 4.79 Å². The molecular weight excluding hydrogens is 394 g/mol. The normalized spacial score (nSPS) is 12.3. The van der Waals surface area contributed by atoms with Crippen LogP contribution in [0.3, 0.4) is 0 Å². The van der Waals surface area contributed by atoms with Crippen LogP contribution in [-0.2, 0) is 18.3 Å². The number of nitrogens with zero attached hydrogens (tertiary/aromatic N) is 3. The lowest BCUT2D eigenvalue weighted by Gasteiger charge is -2.30. The van der Waals surface area contributed by atoms with Gasteiger partial charge in [0.15, 0.2) is 0 Å². The molecule has 1 amide bonds. The van der Waals surface area contributed by atoms with Gasteiger partial charge in [0, 0.05) is 23.5 Å². The van der Waals surface area contributed by atoms with Crippen LogP contribution in [0.15, 0.2) is 40.5 Å². The standard InChI is InChI=1S/C21H24ClN3O2S/c1-4-5-10-25(19(26)13-16-7-6-11-28-16)14(2)20-23-18-12-15(22)8-9-17(18)21(27)24(20)3/h6-9,11-12,14H,4-5,10,13H2,1-3H3. The lowest BCUT2D eigenvalue weighted by molar-refractivity contribution is -0.132. The first-order valence-corrected chi connectivity index (χ1v) is 10.7. The van der Waals surface area contributed by atoms with Crippen molar-refractivity contribution in [3.8, 4) is 0 Å². The minimum absolute atomic E-state index is 0.0452. The van der Waals surface area contributed by atoms with E-state index in [1.54, 1.807) is 36.6 Å².